The van der Waals surface area contributed by atoms with Crippen LogP contribution >= 0.6 is 11.6 Å². The number of anilines is 2. The van der Waals surface area contributed by atoms with Crippen LogP contribution in [-0.2, 0) is 16.1 Å². The van der Waals surface area contributed by atoms with E-state index in [1.807, 2.05) is 23.1 Å². The predicted octanol–water partition coefficient (Wildman–Crippen LogP) is 5.15. The molecule has 1 aromatic heterocycles. The minimum Gasteiger partial charge on any atom is -0.490 e. The van der Waals surface area contributed by atoms with Gasteiger partial charge in [-0.2, -0.15) is 5.26 Å². The number of nitrogens with one attached hydrogen (secondary N) is 2. The molecule has 15 heteroatoms. The highest BCUT2D eigenvalue weighted by atomic mass is 35.5. The number of benzene rings is 2. The number of aromatic nitrogens is 1. The SMILES string of the molecule is N#Cc1ccc(O[C@H]2CC[C@H](N3Cc4nc(N5CCC(CN6CCC(Nc7ccc8c(c7)C(=O)N(C7CCC(=O)NC7=O)C8=O)CC6)CC5)ccc4C3=O)CC2)cc1Cl. The number of likely N-dealkylation sites (tertiary alicyclic amines) is 1. The van der Waals surface area contributed by atoms with E-state index in [-0.39, 0.29) is 48.1 Å². The number of fused-ring (bicyclic) bond motifs is 2. The summed E-state index contributed by atoms with van der Waals surface area (Å²) in [5.41, 5.74) is 3.35. The van der Waals surface area contributed by atoms with Crippen LogP contribution < -0.4 is 20.3 Å². The molecule has 14 nitrogen and oxygen atoms in total. The number of nitriles is 1. The highest BCUT2D eigenvalue weighted by molar-refractivity contribution is 6.31. The average molecular weight is 819 g/mol. The van der Waals surface area contributed by atoms with Crippen LogP contribution in [0.25, 0.3) is 0 Å². The first-order valence-corrected chi connectivity index (χ1v) is 21.3. The van der Waals surface area contributed by atoms with Crippen LogP contribution in [0.5, 0.6) is 5.75 Å². The number of hydrogen-bond donors (Lipinski definition) is 2. The summed E-state index contributed by atoms with van der Waals surface area (Å²) >= 11 is 6.20. The predicted molar refractivity (Wildman–Crippen MR) is 218 cm³/mol. The van der Waals surface area contributed by atoms with Crippen LogP contribution in [0.3, 0.4) is 0 Å². The minimum absolute atomic E-state index is 0.0426. The molecule has 59 heavy (non-hydrogen) atoms. The third kappa shape index (κ3) is 7.85. The average Bonchev–Trinajstić information content (AvgIpc) is 3.70. The number of ether oxygens (including phenoxy) is 1. The first kappa shape index (κ1) is 39.0. The molecule has 5 amide bonds. The lowest BCUT2D eigenvalue weighted by Crippen LogP contribution is -2.54. The normalized spacial score (nSPS) is 24.2. The Hall–Kier alpha value is -5.52. The zero-order valence-corrected chi connectivity index (χ0v) is 33.6. The molecule has 2 N–H and O–H groups in total. The van der Waals surface area contributed by atoms with Crippen molar-refractivity contribution < 1.29 is 28.7 Å². The summed E-state index contributed by atoms with van der Waals surface area (Å²) in [4.78, 5) is 76.8. The van der Waals surface area contributed by atoms with Gasteiger partial charge in [-0.15, -0.1) is 0 Å². The first-order valence-electron chi connectivity index (χ1n) is 20.9. The molecule has 0 radical (unpaired) electrons. The van der Waals surface area contributed by atoms with Crippen molar-refractivity contribution in [3.05, 3.63) is 81.5 Å². The molecular formula is C44H47ClN8O6. The lowest BCUT2D eigenvalue weighted by molar-refractivity contribution is -0.136. The molecule has 1 atom stereocenters. The summed E-state index contributed by atoms with van der Waals surface area (Å²) in [7, 11) is 0. The number of pyridine rings is 1. The van der Waals surface area contributed by atoms with Crippen molar-refractivity contribution in [3.8, 4) is 11.8 Å². The Morgan fingerprint density at radius 3 is 2.29 bits per heavy atom. The van der Waals surface area contributed by atoms with Crippen LogP contribution in [0.4, 0.5) is 11.5 Å². The smallest absolute Gasteiger partial charge is 0.262 e. The second-order valence-corrected chi connectivity index (χ2v) is 17.2. The third-order valence-corrected chi connectivity index (χ3v) is 13.4. The highest BCUT2D eigenvalue weighted by Gasteiger charge is 2.45. The van der Waals surface area contributed by atoms with Gasteiger partial charge in [0.2, 0.25) is 11.8 Å². The summed E-state index contributed by atoms with van der Waals surface area (Å²) in [5, 5.41) is 15.3. The maximum Gasteiger partial charge on any atom is 0.262 e. The number of nitrogens with zero attached hydrogens (tertiary/aromatic N) is 6. The van der Waals surface area contributed by atoms with Gasteiger partial charge in [0.15, 0.2) is 0 Å². The van der Waals surface area contributed by atoms with Crippen molar-refractivity contribution in [2.75, 3.05) is 42.9 Å². The zero-order chi connectivity index (χ0) is 40.8. The molecule has 1 aliphatic carbocycles. The van der Waals surface area contributed by atoms with Crippen LogP contribution in [0.1, 0.15) is 107 Å². The highest BCUT2D eigenvalue weighted by Crippen LogP contribution is 2.35. The number of carbonyl (C=O) groups is 5. The van der Waals surface area contributed by atoms with Gasteiger partial charge in [-0.05, 0) is 106 Å². The number of hydrogen-bond acceptors (Lipinski definition) is 11. The first-order chi connectivity index (χ1) is 28.6. The second-order valence-electron chi connectivity index (χ2n) is 16.8. The lowest BCUT2D eigenvalue weighted by Gasteiger charge is -2.38. The Kier molecular flexibility index (Phi) is 10.7. The molecule has 0 spiro atoms. The molecule has 306 valence electrons. The fourth-order valence-corrected chi connectivity index (χ4v) is 9.97. The van der Waals surface area contributed by atoms with E-state index in [4.69, 9.17) is 26.6 Å². The maximum absolute atomic E-state index is 13.5. The van der Waals surface area contributed by atoms with Crippen molar-refractivity contribution in [1.29, 1.82) is 5.26 Å². The van der Waals surface area contributed by atoms with Crippen molar-refractivity contribution in [2.45, 2.75) is 95.0 Å². The number of rotatable bonds is 9. The standard InChI is InChI=1S/C44H47ClN8O6/c45-36-22-32(5-1-27(36)23-46)59-31-6-3-30(4-7-31)52-25-37-34(42(52)56)9-11-39(48-37)51-19-13-26(14-20-51)24-50-17-15-28(16-18-50)47-29-2-8-33-35(21-29)44(58)53(43(33)57)38-10-12-40(54)49-41(38)55/h1-2,5,8-9,11,21-22,26,28,30-31,38,47H,3-4,6-7,10,12-20,24-25H2,(H,49,54,55)/t30-,31-,38?. The van der Waals surface area contributed by atoms with E-state index >= 15 is 0 Å². The van der Waals surface area contributed by atoms with Crippen molar-refractivity contribution >= 4 is 52.6 Å². The van der Waals surface area contributed by atoms with Crippen molar-refractivity contribution in [3.63, 3.8) is 0 Å². The van der Waals surface area contributed by atoms with Gasteiger partial charge in [0.1, 0.15) is 23.7 Å². The number of carbonyl (C=O) groups excluding carboxylic acids is 5. The van der Waals surface area contributed by atoms with Gasteiger partial charge < -0.3 is 24.8 Å². The third-order valence-electron chi connectivity index (χ3n) is 13.1. The number of halogens is 1. The summed E-state index contributed by atoms with van der Waals surface area (Å²) < 4.78 is 6.18. The molecule has 1 saturated carbocycles. The monoisotopic (exact) mass is 818 g/mol. The van der Waals surface area contributed by atoms with Crippen LogP contribution in [0.2, 0.25) is 5.02 Å². The van der Waals surface area contributed by atoms with Crippen molar-refractivity contribution in [1.82, 2.24) is 25.0 Å². The van der Waals surface area contributed by atoms with E-state index in [2.05, 4.69) is 26.5 Å². The Morgan fingerprint density at radius 1 is 0.814 bits per heavy atom. The van der Waals surface area contributed by atoms with Crippen molar-refractivity contribution in [2.24, 2.45) is 5.92 Å². The van der Waals surface area contributed by atoms with Gasteiger partial charge in [-0.25, -0.2) is 4.98 Å². The van der Waals surface area contributed by atoms with E-state index in [1.165, 1.54) is 0 Å². The second kappa shape index (κ2) is 16.3. The summed E-state index contributed by atoms with van der Waals surface area (Å²) in [6, 6.07) is 15.8. The quantitative estimate of drug-likeness (QED) is 0.274. The van der Waals surface area contributed by atoms with Gasteiger partial charge in [0.05, 0.1) is 45.6 Å². The summed E-state index contributed by atoms with van der Waals surface area (Å²) in [5.74, 6) is 0.279. The van der Waals surface area contributed by atoms with Crippen LogP contribution in [0, 0.1) is 17.2 Å². The molecule has 0 bridgehead atoms. The molecule has 3 saturated heterocycles. The van der Waals surface area contributed by atoms with Crippen LogP contribution in [-0.4, -0.2) is 106 Å². The zero-order valence-electron chi connectivity index (χ0n) is 32.8. The Bertz CT molecular complexity index is 2240. The summed E-state index contributed by atoms with van der Waals surface area (Å²) in [6.45, 7) is 5.41. The molecule has 6 heterocycles. The molecule has 3 aromatic rings. The largest absolute Gasteiger partial charge is 0.490 e. The van der Waals surface area contributed by atoms with Gasteiger partial charge in [-0.3, -0.25) is 34.2 Å². The lowest BCUT2D eigenvalue weighted by atomic mass is 9.92. The van der Waals surface area contributed by atoms with Gasteiger partial charge in [0.25, 0.3) is 17.7 Å². The van der Waals surface area contributed by atoms with Gasteiger partial charge >= 0.3 is 0 Å². The van der Waals surface area contributed by atoms with Gasteiger partial charge in [0, 0.05) is 63.0 Å². The van der Waals surface area contributed by atoms with E-state index in [0.29, 0.717) is 34.4 Å². The van der Waals surface area contributed by atoms with Crippen LogP contribution in [0.15, 0.2) is 48.5 Å². The Balaban J connectivity index is 0.712. The van der Waals surface area contributed by atoms with E-state index in [9.17, 15) is 24.0 Å². The molecule has 4 fully saturated rings. The maximum atomic E-state index is 13.5. The molecular weight excluding hydrogens is 772 g/mol. The topological polar surface area (TPSA) is 168 Å². The number of amides is 5. The number of imide groups is 2. The van der Waals surface area contributed by atoms with E-state index in [1.54, 1.807) is 30.3 Å². The summed E-state index contributed by atoms with van der Waals surface area (Å²) in [6.07, 6.45) is 7.75. The fraction of sp³-hybridized carbons (Fsp3) is 0.477. The number of piperidine rings is 3. The molecule has 5 aliphatic heterocycles. The van der Waals surface area contributed by atoms with Gasteiger partial charge in [-0.1, -0.05) is 11.6 Å². The molecule has 2 aromatic carbocycles. The molecule has 9 rings (SSSR count). The fourth-order valence-electron chi connectivity index (χ4n) is 9.76. The minimum atomic E-state index is -0.976. The Labute approximate surface area is 347 Å². The van der Waals surface area contributed by atoms with E-state index in [0.717, 1.165) is 106 Å². The molecule has 6 aliphatic rings. The Morgan fingerprint density at radius 2 is 1.56 bits per heavy atom. The van der Waals surface area contributed by atoms with E-state index < -0.39 is 29.7 Å². The molecule has 1 unspecified atom stereocenters.